The summed E-state index contributed by atoms with van der Waals surface area (Å²) in [5.41, 5.74) is -5.18. The van der Waals surface area contributed by atoms with E-state index in [1.807, 2.05) is 21.1 Å². The van der Waals surface area contributed by atoms with Crippen LogP contribution >= 0.6 is 34.5 Å². The summed E-state index contributed by atoms with van der Waals surface area (Å²) in [6.45, 7) is 5.16. The first-order chi connectivity index (χ1) is 32.7. The molecule has 0 heterocycles. The summed E-state index contributed by atoms with van der Waals surface area (Å²) in [5, 5.41) is 0. The summed E-state index contributed by atoms with van der Waals surface area (Å²) in [6.07, 6.45) is -2.16. The average molecular weight is 1240 g/mol. The standard InChI is InChI=1S/C40H61BrF4NO22PS3.2Na/c1-10-62-33(48)37(2,3)23-38(4,34(49)63-19-20-67-69(52,53)66-14-12-46(7,8)9)24-39(5,35(50)65-21-22-70-72(57,58)59)25-40(6,41)36(51)64-18-17-61-16-15-60-13-11-26(47)68-31-27(42)29(44)32(71(54,55)56)30(45)28(31)43;;/h10-25H2,1-9H3,(H2-,52,53,54,55,56,57,58,59);;/q;2*+1/p-1. The zero-order valence-electron chi connectivity index (χ0n) is 42.8. The van der Waals surface area contributed by atoms with Crippen molar-refractivity contribution in [3.8, 4) is 5.75 Å². The molecule has 416 valence electrons. The minimum atomic E-state index is -5.99. The summed E-state index contributed by atoms with van der Waals surface area (Å²) in [5.74, 6) is -17.8. The third-order valence-electron chi connectivity index (χ3n) is 9.64. The molecule has 4 unspecified atom stereocenters. The second kappa shape index (κ2) is 32.3. The molecule has 1 aromatic rings. The summed E-state index contributed by atoms with van der Waals surface area (Å²) >= 11 is 3.29. The topological polar surface area (TPSA) is 320 Å². The van der Waals surface area contributed by atoms with Gasteiger partial charge < -0.3 is 51.6 Å². The van der Waals surface area contributed by atoms with Crippen LogP contribution in [-0.2, 0) is 85.3 Å². The summed E-state index contributed by atoms with van der Waals surface area (Å²) in [6, 6.07) is 0. The molecule has 4 atom stereocenters. The predicted molar refractivity (Wildman–Crippen MR) is 244 cm³/mol. The monoisotopic (exact) mass is 1230 g/mol. The van der Waals surface area contributed by atoms with E-state index in [2.05, 4.69) is 20.7 Å². The molecule has 0 aromatic heterocycles. The number of hydrogen-bond donors (Lipinski definition) is 1. The van der Waals surface area contributed by atoms with Crippen molar-refractivity contribution in [1.82, 2.24) is 0 Å². The van der Waals surface area contributed by atoms with Gasteiger partial charge in [-0.1, -0.05) is 15.9 Å². The number of hydrogen-bond acceptors (Lipinski definition) is 22. The van der Waals surface area contributed by atoms with Gasteiger partial charge in [0, 0.05) is 5.75 Å². The van der Waals surface area contributed by atoms with Crippen molar-refractivity contribution < 1.29 is 183 Å². The zero-order chi connectivity index (χ0) is 55.7. The van der Waals surface area contributed by atoms with E-state index in [-0.39, 0.29) is 109 Å². The Morgan fingerprint density at radius 3 is 1.62 bits per heavy atom. The summed E-state index contributed by atoms with van der Waals surface area (Å²) < 4.78 is 180. The number of esters is 5. The van der Waals surface area contributed by atoms with Crippen LogP contribution < -0.4 is 63.9 Å². The number of quaternary nitrogens is 1. The molecule has 1 N–H and O–H groups in total. The van der Waals surface area contributed by atoms with Crippen LogP contribution in [0.3, 0.4) is 0 Å². The summed E-state index contributed by atoms with van der Waals surface area (Å²) in [7, 11) is -9.95. The number of carbonyl (C=O) groups excluding carboxylic acids is 5. The fourth-order valence-corrected chi connectivity index (χ4v) is 9.93. The van der Waals surface area contributed by atoms with E-state index in [4.69, 9.17) is 37.5 Å². The van der Waals surface area contributed by atoms with Crippen LogP contribution in [0.1, 0.15) is 67.2 Å². The molecule has 0 aliphatic heterocycles. The molecule has 0 saturated heterocycles. The molecule has 0 amide bonds. The molecule has 74 heavy (non-hydrogen) atoms. The van der Waals surface area contributed by atoms with Gasteiger partial charge in [-0.2, -0.15) is 8.78 Å². The second-order valence-corrected chi connectivity index (χ2v) is 26.0. The van der Waals surface area contributed by atoms with Crippen molar-refractivity contribution in [3.05, 3.63) is 23.3 Å². The van der Waals surface area contributed by atoms with Gasteiger partial charge in [-0.05, 0) is 71.6 Å². The van der Waals surface area contributed by atoms with E-state index in [9.17, 15) is 76.9 Å². The third-order valence-corrected chi connectivity index (χ3v) is 14.1. The Labute approximate surface area is 483 Å². The first-order valence-corrected chi connectivity index (χ1v) is 27.9. The largest absolute Gasteiger partial charge is 1.00 e. The molecule has 1 aromatic carbocycles. The molecule has 0 saturated carbocycles. The molecule has 0 spiro atoms. The molecule has 0 aliphatic rings. The number of alkyl halides is 1. The van der Waals surface area contributed by atoms with E-state index < -0.39 is 169 Å². The Hall–Kier alpha value is -1.07. The summed E-state index contributed by atoms with van der Waals surface area (Å²) in [4.78, 5) is 74.4. The Bertz CT molecular complexity index is 2320. The smallest absolute Gasteiger partial charge is 0.744 e. The van der Waals surface area contributed by atoms with Gasteiger partial charge in [-0.25, -0.2) is 30.2 Å². The molecule has 0 aliphatic carbocycles. The zero-order valence-corrected chi connectivity index (χ0v) is 51.8. The number of nitrogens with zero attached hydrogens (tertiary/aromatic N) is 1. The molecular weight excluding hydrogens is 1180 g/mol. The van der Waals surface area contributed by atoms with Crippen molar-refractivity contribution in [2.24, 2.45) is 16.2 Å². The molecule has 34 heteroatoms. The van der Waals surface area contributed by atoms with E-state index in [0.29, 0.717) is 11.0 Å². The van der Waals surface area contributed by atoms with E-state index in [1.165, 1.54) is 34.6 Å². The van der Waals surface area contributed by atoms with Crippen LogP contribution in [0.4, 0.5) is 17.6 Å². The van der Waals surface area contributed by atoms with E-state index in [1.54, 1.807) is 6.92 Å². The average Bonchev–Trinajstić information content (AvgIpc) is 3.22. The minimum absolute atomic E-state index is 0. The number of rotatable bonds is 34. The number of benzene rings is 1. The van der Waals surface area contributed by atoms with Gasteiger partial charge in [0.05, 0.1) is 83.5 Å². The van der Waals surface area contributed by atoms with Crippen molar-refractivity contribution in [2.45, 2.75) is 76.4 Å². The van der Waals surface area contributed by atoms with Crippen LogP contribution in [0.25, 0.3) is 0 Å². The van der Waals surface area contributed by atoms with Gasteiger partial charge in [0.15, 0.2) is 11.6 Å². The maximum atomic E-state index is 14.1. The van der Waals surface area contributed by atoms with Gasteiger partial charge >= 0.3 is 96.8 Å². The van der Waals surface area contributed by atoms with E-state index in [0.717, 1.165) is 0 Å². The fourth-order valence-electron chi connectivity index (χ4n) is 6.71. The number of halogens is 5. The molecule has 1 rings (SSSR count). The van der Waals surface area contributed by atoms with Crippen molar-refractivity contribution in [1.29, 1.82) is 0 Å². The quantitative estimate of drug-likeness (QED) is 0.00639. The van der Waals surface area contributed by atoms with Crippen LogP contribution in [0.2, 0.25) is 0 Å². The van der Waals surface area contributed by atoms with Crippen LogP contribution in [-0.4, -0.2) is 169 Å². The molecular formula is C40H60BrF4NNa2O22PS3+. The van der Waals surface area contributed by atoms with Gasteiger partial charge in [-0.15, -0.1) is 0 Å². The van der Waals surface area contributed by atoms with Crippen LogP contribution in [0.5, 0.6) is 5.75 Å². The second-order valence-electron chi connectivity index (χ2n) is 18.1. The van der Waals surface area contributed by atoms with Gasteiger partial charge in [-0.3, -0.25) is 33.0 Å². The number of phosphoric acid groups is 1. The predicted octanol–water partition coefficient (Wildman–Crippen LogP) is -1.93. The fraction of sp³-hybridized carbons (Fsp3) is 0.725. The maximum Gasteiger partial charge on any atom is 1.00 e. The van der Waals surface area contributed by atoms with Crippen LogP contribution in [0.15, 0.2) is 4.90 Å². The normalized spacial score (nSPS) is 15.4. The van der Waals surface area contributed by atoms with Crippen molar-refractivity contribution in [3.63, 3.8) is 0 Å². The van der Waals surface area contributed by atoms with Gasteiger partial charge in [0.2, 0.25) is 17.4 Å². The molecule has 0 radical (unpaired) electrons. The van der Waals surface area contributed by atoms with Gasteiger partial charge in [0.25, 0.3) is 0 Å². The molecule has 0 fully saturated rings. The maximum absolute atomic E-state index is 14.1. The number of ether oxygens (including phenoxy) is 7. The number of carbonyl (C=O) groups is 5. The minimum Gasteiger partial charge on any atom is -0.744 e. The van der Waals surface area contributed by atoms with Gasteiger partial charge in [0.1, 0.15) is 61.5 Å². The Balaban J connectivity index is 0. The number of likely N-dealkylation sites (N-methyl/N-ethyl adjacent to an activating group) is 1. The first-order valence-electron chi connectivity index (χ1n) is 21.3. The molecule has 0 bridgehead atoms. The Morgan fingerprint density at radius 2 is 1.12 bits per heavy atom. The van der Waals surface area contributed by atoms with Crippen LogP contribution in [0, 0.1) is 39.5 Å². The van der Waals surface area contributed by atoms with E-state index >= 15 is 0 Å². The van der Waals surface area contributed by atoms with Crippen molar-refractivity contribution >= 4 is 83.7 Å². The molecule has 23 nitrogen and oxygen atoms in total. The number of phosphoric ester groups is 1. The van der Waals surface area contributed by atoms with Crippen molar-refractivity contribution in [2.75, 3.05) is 99.5 Å². The first kappa shape index (κ1) is 75.0. The Kier molecular flexibility index (Phi) is 32.7. The third kappa shape index (κ3) is 26.7. The Morgan fingerprint density at radius 1 is 0.662 bits per heavy atom. The SMILES string of the molecule is CCOC(=O)C(C)(C)CC(C)(CC(C)(CC(C)(Br)C(=O)OCCOCCOCCC(=O)Oc1c(F)c(F)c(S(=O)(=O)[O-])c(F)c1F)C(=O)OCCSS(=O)(=O)[O-])C(=O)OCCOP(=O)(O)OCC[N+](C)(C)C.[Na+].[Na+].